The lowest BCUT2D eigenvalue weighted by molar-refractivity contribution is -0.167. The van der Waals surface area contributed by atoms with Gasteiger partial charge in [0.15, 0.2) is 6.10 Å². The van der Waals surface area contributed by atoms with Crippen molar-refractivity contribution in [1.82, 2.24) is 0 Å². The number of ether oxygens (including phenoxy) is 3. The van der Waals surface area contributed by atoms with Gasteiger partial charge in [0.25, 0.3) is 0 Å². The lowest BCUT2D eigenvalue weighted by Crippen LogP contribution is -2.30. The van der Waals surface area contributed by atoms with Crippen molar-refractivity contribution in [1.29, 1.82) is 0 Å². The molecule has 0 aromatic rings. The molecule has 0 bridgehead atoms. The second-order valence-electron chi connectivity index (χ2n) is 23.1. The number of allylic oxidation sites excluding steroid dienone is 14. The Morgan fingerprint density at radius 3 is 0.825 bits per heavy atom. The van der Waals surface area contributed by atoms with Crippen LogP contribution in [0.25, 0.3) is 0 Å². The van der Waals surface area contributed by atoms with Crippen LogP contribution in [0.4, 0.5) is 0 Å². The van der Waals surface area contributed by atoms with Gasteiger partial charge in [0.05, 0.1) is 0 Å². The smallest absolute Gasteiger partial charge is 0.306 e. The average molecular weight is 1120 g/mol. The second-order valence-corrected chi connectivity index (χ2v) is 23.1. The molecule has 0 radical (unpaired) electrons. The number of carbonyl (C=O) groups is 3. The first-order chi connectivity index (χ1) is 39.5. The maximum Gasteiger partial charge on any atom is 0.306 e. The zero-order valence-electron chi connectivity index (χ0n) is 53.1. The molecule has 0 fully saturated rings. The molecule has 0 aliphatic carbocycles. The molecule has 0 spiro atoms. The lowest BCUT2D eigenvalue weighted by Gasteiger charge is -2.18. The minimum absolute atomic E-state index is 0.0791. The maximum absolute atomic E-state index is 12.9. The van der Waals surface area contributed by atoms with Crippen molar-refractivity contribution in [2.75, 3.05) is 13.2 Å². The van der Waals surface area contributed by atoms with E-state index in [1.54, 1.807) is 0 Å². The Balaban J connectivity index is 4.19. The predicted octanol–water partition coefficient (Wildman–Crippen LogP) is 23.8. The molecule has 0 aromatic carbocycles. The van der Waals surface area contributed by atoms with Crippen molar-refractivity contribution in [3.05, 3.63) is 85.1 Å². The Morgan fingerprint density at radius 2 is 0.512 bits per heavy atom. The highest BCUT2D eigenvalue weighted by Gasteiger charge is 2.19. The van der Waals surface area contributed by atoms with Crippen LogP contribution in [-0.2, 0) is 28.6 Å². The first kappa shape index (κ1) is 76.6. The molecular formula is C74H130O6. The summed E-state index contributed by atoms with van der Waals surface area (Å²) in [6.45, 7) is 6.49. The summed E-state index contributed by atoms with van der Waals surface area (Å²) in [5, 5.41) is 0. The summed E-state index contributed by atoms with van der Waals surface area (Å²) in [6.07, 6.45) is 90.4. The van der Waals surface area contributed by atoms with Crippen molar-refractivity contribution in [3.8, 4) is 0 Å². The van der Waals surface area contributed by atoms with Crippen molar-refractivity contribution in [3.63, 3.8) is 0 Å². The van der Waals surface area contributed by atoms with Crippen LogP contribution in [0.15, 0.2) is 85.1 Å². The topological polar surface area (TPSA) is 78.9 Å². The fourth-order valence-electron chi connectivity index (χ4n) is 9.94. The van der Waals surface area contributed by atoms with Crippen LogP contribution in [0, 0.1) is 0 Å². The van der Waals surface area contributed by atoms with Crippen molar-refractivity contribution < 1.29 is 28.6 Å². The lowest BCUT2D eigenvalue weighted by atomic mass is 10.0. The van der Waals surface area contributed by atoms with Gasteiger partial charge in [0.2, 0.25) is 0 Å². The van der Waals surface area contributed by atoms with E-state index in [0.29, 0.717) is 19.3 Å². The van der Waals surface area contributed by atoms with Crippen LogP contribution in [0.3, 0.4) is 0 Å². The fraction of sp³-hybridized carbons (Fsp3) is 0.770. The largest absolute Gasteiger partial charge is 0.462 e. The molecule has 0 aliphatic heterocycles. The van der Waals surface area contributed by atoms with Gasteiger partial charge in [0, 0.05) is 19.3 Å². The molecule has 6 heteroatoms. The van der Waals surface area contributed by atoms with Gasteiger partial charge in [-0.3, -0.25) is 14.4 Å². The maximum atomic E-state index is 12.9. The van der Waals surface area contributed by atoms with Gasteiger partial charge in [-0.2, -0.15) is 0 Å². The molecule has 0 saturated carbocycles. The number of unbranched alkanes of at least 4 members (excludes halogenated alkanes) is 38. The summed E-state index contributed by atoms with van der Waals surface area (Å²) < 4.78 is 16.9. The van der Waals surface area contributed by atoms with E-state index in [0.717, 1.165) is 109 Å². The SMILES string of the molecule is CC/C=C\C/C=C\C/C=C\C/C=C\CCCCCCCCCCCCCCCCCCCCC(=O)OCC(COC(=O)CCCCCCC/C=C\C/C=C\CCC)OC(=O)CCCCCCCCC/C=C\CCCCCCCCC. The summed E-state index contributed by atoms with van der Waals surface area (Å²) in [7, 11) is 0. The molecule has 0 heterocycles. The molecule has 0 amide bonds. The van der Waals surface area contributed by atoms with Gasteiger partial charge in [-0.15, -0.1) is 0 Å². The van der Waals surface area contributed by atoms with Crippen molar-refractivity contribution in [2.24, 2.45) is 0 Å². The normalized spacial score (nSPS) is 12.6. The van der Waals surface area contributed by atoms with E-state index in [2.05, 4.69) is 106 Å². The molecule has 0 rings (SSSR count). The minimum atomic E-state index is -0.784. The van der Waals surface area contributed by atoms with E-state index in [1.807, 2.05) is 0 Å². The van der Waals surface area contributed by atoms with E-state index in [1.165, 1.54) is 199 Å². The summed E-state index contributed by atoms with van der Waals surface area (Å²) in [4.78, 5) is 38.4. The van der Waals surface area contributed by atoms with Crippen LogP contribution < -0.4 is 0 Å². The summed E-state index contributed by atoms with van der Waals surface area (Å²) >= 11 is 0. The van der Waals surface area contributed by atoms with Crippen LogP contribution >= 0.6 is 0 Å². The minimum Gasteiger partial charge on any atom is -0.462 e. The average Bonchev–Trinajstić information content (AvgIpc) is 3.46. The first-order valence-electron chi connectivity index (χ1n) is 34.6. The third-order valence-electron chi connectivity index (χ3n) is 15.1. The Bertz CT molecular complexity index is 1520. The van der Waals surface area contributed by atoms with Crippen LogP contribution in [0.1, 0.15) is 348 Å². The molecule has 0 N–H and O–H groups in total. The molecular weight excluding hydrogens is 985 g/mol. The highest BCUT2D eigenvalue weighted by Crippen LogP contribution is 2.17. The summed E-state index contributed by atoms with van der Waals surface area (Å²) in [6, 6.07) is 0. The monoisotopic (exact) mass is 1110 g/mol. The second kappa shape index (κ2) is 68.1. The molecule has 462 valence electrons. The zero-order valence-corrected chi connectivity index (χ0v) is 53.1. The van der Waals surface area contributed by atoms with Gasteiger partial charge in [-0.25, -0.2) is 0 Å². The van der Waals surface area contributed by atoms with Crippen LogP contribution in [0.2, 0.25) is 0 Å². The third-order valence-corrected chi connectivity index (χ3v) is 15.1. The molecule has 1 unspecified atom stereocenters. The highest BCUT2D eigenvalue weighted by molar-refractivity contribution is 5.71. The molecule has 0 aromatic heterocycles. The van der Waals surface area contributed by atoms with Gasteiger partial charge in [-0.05, 0) is 109 Å². The Kier molecular flexibility index (Phi) is 65.2. The zero-order chi connectivity index (χ0) is 57.8. The molecule has 6 nitrogen and oxygen atoms in total. The number of hydrogen-bond acceptors (Lipinski definition) is 6. The summed E-state index contributed by atoms with van der Waals surface area (Å²) in [5.41, 5.74) is 0. The number of carbonyl (C=O) groups excluding carboxylic acids is 3. The van der Waals surface area contributed by atoms with Gasteiger partial charge >= 0.3 is 17.9 Å². The Labute approximate surface area is 496 Å². The molecule has 0 saturated heterocycles. The van der Waals surface area contributed by atoms with E-state index in [4.69, 9.17) is 14.2 Å². The fourth-order valence-corrected chi connectivity index (χ4v) is 9.94. The van der Waals surface area contributed by atoms with E-state index < -0.39 is 6.10 Å². The van der Waals surface area contributed by atoms with E-state index >= 15 is 0 Å². The number of esters is 3. The standard InChI is InChI=1S/C74H130O6/c1-4-7-10-13-16-19-22-25-27-29-31-32-33-34-35-36-37-38-39-40-41-42-43-45-46-49-52-55-58-61-64-67-73(76)79-70-71(69-78-72(75)66-63-60-57-54-51-48-24-21-18-15-12-9-6-3)80-74(77)68-65-62-59-56-53-50-47-44-30-28-26-23-20-17-14-11-8-5-2/h7,10,12,15-16,19,21,24-25,27-28,30-32,71H,4-6,8-9,11,13-14,17-18,20,22-23,26,29,33-70H2,1-3H3/b10-7-,15-12-,19-16-,24-21-,27-25-,30-28-,32-31-. The number of hydrogen-bond donors (Lipinski definition) is 0. The van der Waals surface area contributed by atoms with Crippen LogP contribution in [-0.4, -0.2) is 37.2 Å². The van der Waals surface area contributed by atoms with Gasteiger partial charge < -0.3 is 14.2 Å². The first-order valence-corrected chi connectivity index (χ1v) is 34.6. The van der Waals surface area contributed by atoms with Crippen molar-refractivity contribution >= 4 is 17.9 Å². The Hall–Kier alpha value is -3.41. The molecule has 80 heavy (non-hydrogen) atoms. The van der Waals surface area contributed by atoms with Gasteiger partial charge in [-0.1, -0.05) is 305 Å². The molecule has 0 aliphatic rings. The molecule has 1 atom stereocenters. The van der Waals surface area contributed by atoms with Crippen LogP contribution in [0.5, 0.6) is 0 Å². The Morgan fingerprint density at radius 1 is 0.263 bits per heavy atom. The number of rotatable bonds is 63. The summed E-state index contributed by atoms with van der Waals surface area (Å²) in [5.74, 6) is -0.881. The van der Waals surface area contributed by atoms with E-state index in [9.17, 15) is 14.4 Å². The third kappa shape index (κ3) is 65.4. The highest BCUT2D eigenvalue weighted by atomic mass is 16.6. The quantitative estimate of drug-likeness (QED) is 0.0261. The van der Waals surface area contributed by atoms with Gasteiger partial charge in [0.1, 0.15) is 13.2 Å². The van der Waals surface area contributed by atoms with Crippen molar-refractivity contribution in [2.45, 2.75) is 354 Å². The van der Waals surface area contributed by atoms with E-state index in [-0.39, 0.29) is 31.1 Å². The predicted molar refractivity (Wildman–Crippen MR) is 348 cm³/mol.